The van der Waals surface area contributed by atoms with Gasteiger partial charge in [0.2, 0.25) is 10.0 Å². The summed E-state index contributed by atoms with van der Waals surface area (Å²) in [7, 11) is -3.16. The number of carbonyl (C=O) groups excluding carboxylic acids is 1. The van der Waals surface area contributed by atoms with Crippen LogP contribution in [-0.2, 0) is 14.8 Å². The monoisotopic (exact) mass is 391 g/mol. The van der Waals surface area contributed by atoms with Crippen LogP contribution in [-0.4, -0.2) is 68.4 Å². The van der Waals surface area contributed by atoms with Crippen molar-refractivity contribution < 1.29 is 17.9 Å². The van der Waals surface area contributed by atoms with Gasteiger partial charge in [0.25, 0.3) is 0 Å². The minimum Gasteiger partial charge on any atom is -0.444 e. The molecular weight excluding hydrogens is 354 g/mol. The predicted octanol–water partition coefficient (Wildman–Crippen LogP) is 2.27. The molecule has 0 aromatic heterocycles. The highest BCUT2D eigenvalue weighted by Crippen LogP contribution is 2.23. The van der Waals surface area contributed by atoms with Crippen LogP contribution in [0.5, 0.6) is 0 Å². The Balaban J connectivity index is 0.000000487. The van der Waals surface area contributed by atoms with Crippen molar-refractivity contribution >= 4 is 16.1 Å². The molecule has 7 nitrogen and oxygen atoms in total. The standard InChI is InChI=1S/C16H30N2O2.C2H7NO2S/c1-13-5-8-17(9-6-13)11-14-7-10-18(12-14)15(19)20-16(2,3)4;1-2-6(3,4)5/h13-14H,5-12H2,1-4H3;2H2,1H3,(H2,3,4,5). The van der Waals surface area contributed by atoms with Crippen LogP contribution in [0, 0.1) is 11.8 Å². The van der Waals surface area contributed by atoms with Gasteiger partial charge in [-0.2, -0.15) is 0 Å². The van der Waals surface area contributed by atoms with E-state index in [2.05, 4.69) is 17.0 Å². The number of ether oxygens (including phenoxy) is 1. The topological polar surface area (TPSA) is 92.9 Å². The zero-order chi connectivity index (χ0) is 20.0. The lowest BCUT2D eigenvalue weighted by molar-refractivity contribution is 0.0284. The van der Waals surface area contributed by atoms with Gasteiger partial charge in [0.15, 0.2) is 0 Å². The normalized spacial score (nSPS) is 22.7. The molecule has 1 amide bonds. The van der Waals surface area contributed by atoms with Gasteiger partial charge < -0.3 is 14.5 Å². The van der Waals surface area contributed by atoms with Gasteiger partial charge in [-0.3, -0.25) is 0 Å². The number of hydrogen-bond donors (Lipinski definition) is 1. The molecule has 0 aromatic rings. The quantitative estimate of drug-likeness (QED) is 0.796. The Morgan fingerprint density at radius 1 is 1.15 bits per heavy atom. The second-order valence-electron chi connectivity index (χ2n) is 8.52. The van der Waals surface area contributed by atoms with Crippen LogP contribution in [0.1, 0.15) is 53.9 Å². The number of sulfonamides is 1. The van der Waals surface area contributed by atoms with Gasteiger partial charge in [0.1, 0.15) is 5.60 Å². The van der Waals surface area contributed by atoms with Crippen molar-refractivity contribution in [2.75, 3.05) is 38.5 Å². The smallest absolute Gasteiger partial charge is 0.410 e. The van der Waals surface area contributed by atoms with E-state index < -0.39 is 15.6 Å². The molecule has 2 heterocycles. The molecule has 154 valence electrons. The molecule has 0 bridgehead atoms. The molecule has 2 N–H and O–H groups in total. The first-order chi connectivity index (χ1) is 11.9. The molecule has 0 aliphatic carbocycles. The number of amides is 1. The maximum absolute atomic E-state index is 12.0. The van der Waals surface area contributed by atoms with E-state index in [1.165, 1.54) is 32.9 Å². The lowest BCUT2D eigenvalue weighted by Gasteiger charge is -2.32. The van der Waals surface area contributed by atoms with Crippen LogP contribution < -0.4 is 5.14 Å². The van der Waals surface area contributed by atoms with Crippen molar-refractivity contribution in [2.24, 2.45) is 17.0 Å². The third-order valence-corrected chi connectivity index (χ3v) is 5.54. The Bertz CT molecular complexity index is 537. The largest absolute Gasteiger partial charge is 0.444 e. The maximum atomic E-state index is 12.0. The third kappa shape index (κ3) is 9.73. The molecule has 0 radical (unpaired) electrons. The van der Waals surface area contributed by atoms with Crippen LogP contribution in [0.25, 0.3) is 0 Å². The van der Waals surface area contributed by atoms with Crippen LogP contribution in [0.3, 0.4) is 0 Å². The minimum absolute atomic E-state index is 0.0208. The van der Waals surface area contributed by atoms with E-state index in [1.807, 2.05) is 25.7 Å². The Morgan fingerprint density at radius 3 is 2.15 bits per heavy atom. The molecule has 8 heteroatoms. The zero-order valence-corrected chi connectivity index (χ0v) is 17.8. The number of nitrogens with two attached hydrogens (primary N) is 1. The minimum atomic E-state index is -3.16. The summed E-state index contributed by atoms with van der Waals surface area (Å²) in [5.41, 5.74) is -0.391. The van der Waals surface area contributed by atoms with Crippen LogP contribution in [0.2, 0.25) is 0 Å². The number of likely N-dealkylation sites (tertiary alicyclic amines) is 2. The van der Waals surface area contributed by atoms with Crippen LogP contribution >= 0.6 is 0 Å². The molecule has 0 aromatic carbocycles. The first-order valence-corrected chi connectivity index (χ1v) is 11.3. The number of hydrogen-bond acceptors (Lipinski definition) is 5. The summed E-state index contributed by atoms with van der Waals surface area (Å²) in [6, 6.07) is 0. The Kier molecular flexibility index (Phi) is 8.82. The second-order valence-corrected chi connectivity index (χ2v) is 10.4. The third-order valence-electron chi connectivity index (χ3n) is 4.73. The van der Waals surface area contributed by atoms with E-state index in [0.717, 1.165) is 32.0 Å². The molecule has 2 fully saturated rings. The molecule has 0 spiro atoms. The average Bonchev–Trinajstić information content (AvgIpc) is 2.97. The molecule has 2 aliphatic rings. The van der Waals surface area contributed by atoms with Gasteiger partial charge >= 0.3 is 6.09 Å². The van der Waals surface area contributed by atoms with E-state index >= 15 is 0 Å². The first kappa shape index (κ1) is 23.2. The van der Waals surface area contributed by atoms with E-state index in [9.17, 15) is 13.2 Å². The molecule has 1 unspecified atom stereocenters. The van der Waals surface area contributed by atoms with Crippen molar-refractivity contribution in [3.63, 3.8) is 0 Å². The Morgan fingerprint density at radius 2 is 1.69 bits per heavy atom. The summed E-state index contributed by atoms with van der Waals surface area (Å²) < 4.78 is 25.0. The van der Waals surface area contributed by atoms with Gasteiger partial charge in [-0.25, -0.2) is 18.4 Å². The number of rotatable bonds is 3. The molecule has 2 saturated heterocycles. The summed E-state index contributed by atoms with van der Waals surface area (Å²) in [5, 5.41) is 4.51. The van der Waals surface area contributed by atoms with E-state index in [1.54, 1.807) is 0 Å². The van der Waals surface area contributed by atoms with Crippen molar-refractivity contribution in [1.29, 1.82) is 0 Å². The van der Waals surface area contributed by atoms with Gasteiger partial charge in [-0.1, -0.05) is 6.92 Å². The van der Waals surface area contributed by atoms with Crippen molar-refractivity contribution in [1.82, 2.24) is 9.80 Å². The SMILES string of the molecule is CC1CCN(CC2CCN(C(=O)OC(C)(C)C)C2)CC1.CCS(N)(=O)=O. The lowest BCUT2D eigenvalue weighted by atomic mass is 9.98. The van der Waals surface area contributed by atoms with Crippen molar-refractivity contribution in [3.05, 3.63) is 0 Å². The van der Waals surface area contributed by atoms with E-state index in [4.69, 9.17) is 4.74 Å². The number of primary sulfonamides is 1. The van der Waals surface area contributed by atoms with Crippen molar-refractivity contribution in [3.8, 4) is 0 Å². The summed E-state index contributed by atoms with van der Waals surface area (Å²) in [5.74, 6) is 1.52. The molecule has 2 rings (SSSR count). The Labute approximate surface area is 159 Å². The zero-order valence-electron chi connectivity index (χ0n) is 17.0. The highest BCUT2D eigenvalue weighted by atomic mass is 32.2. The highest BCUT2D eigenvalue weighted by Gasteiger charge is 2.31. The fraction of sp³-hybridized carbons (Fsp3) is 0.944. The lowest BCUT2D eigenvalue weighted by Crippen LogP contribution is -2.38. The number of carbonyl (C=O) groups is 1. The maximum Gasteiger partial charge on any atom is 0.410 e. The predicted molar refractivity (Wildman–Crippen MR) is 104 cm³/mol. The van der Waals surface area contributed by atoms with Gasteiger partial charge in [-0.15, -0.1) is 0 Å². The van der Waals surface area contributed by atoms with Crippen LogP contribution in [0.4, 0.5) is 4.79 Å². The summed E-state index contributed by atoms with van der Waals surface area (Å²) in [4.78, 5) is 16.5. The first-order valence-electron chi connectivity index (χ1n) is 9.60. The summed E-state index contributed by atoms with van der Waals surface area (Å²) in [6.07, 6.45) is 3.61. The summed E-state index contributed by atoms with van der Waals surface area (Å²) >= 11 is 0. The molecule has 2 aliphatic heterocycles. The molecule has 1 atom stereocenters. The fourth-order valence-electron chi connectivity index (χ4n) is 3.08. The summed E-state index contributed by atoms with van der Waals surface area (Å²) in [6.45, 7) is 14.9. The van der Waals surface area contributed by atoms with Gasteiger partial charge in [0.05, 0.1) is 5.75 Å². The van der Waals surface area contributed by atoms with Crippen molar-refractivity contribution in [2.45, 2.75) is 59.5 Å². The highest BCUT2D eigenvalue weighted by molar-refractivity contribution is 7.89. The van der Waals surface area contributed by atoms with Gasteiger partial charge in [0, 0.05) is 19.6 Å². The Hall–Kier alpha value is -0.860. The molecule has 26 heavy (non-hydrogen) atoms. The average molecular weight is 392 g/mol. The van der Waals surface area contributed by atoms with Gasteiger partial charge in [-0.05, 0) is 71.9 Å². The van der Waals surface area contributed by atoms with E-state index in [0.29, 0.717) is 5.92 Å². The van der Waals surface area contributed by atoms with E-state index in [-0.39, 0.29) is 11.8 Å². The number of piperidine rings is 1. The second kappa shape index (κ2) is 9.90. The molecular formula is C18H37N3O4S. The number of nitrogens with zero attached hydrogens (tertiary/aromatic N) is 2. The fourth-order valence-corrected chi connectivity index (χ4v) is 3.08. The van der Waals surface area contributed by atoms with Crippen LogP contribution in [0.15, 0.2) is 0 Å². The molecule has 0 saturated carbocycles.